The van der Waals surface area contributed by atoms with Gasteiger partial charge in [-0.1, -0.05) is 57.2 Å². The molecule has 4 nitrogen and oxygen atoms in total. The summed E-state index contributed by atoms with van der Waals surface area (Å²) in [4.78, 5) is 11.6. The van der Waals surface area contributed by atoms with Crippen LogP contribution in [0.15, 0.2) is 30.3 Å². The fraction of sp³-hybridized carbons (Fsp3) is 0.533. The number of hydrogen-bond acceptors (Lipinski definition) is 4. The van der Waals surface area contributed by atoms with E-state index >= 15 is 0 Å². The number of rotatable bonds is 9. The Morgan fingerprint density at radius 3 is 2.24 bits per heavy atom. The van der Waals surface area contributed by atoms with Crippen molar-refractivity contribution in [2.75, 3.05) is 0 Å². The first kappa shape index (κ1) is 20.6. The summed E-state index contributed by atoms with van der Waals surface area (Å²) >= 11 is 0. The maximum absolute atomic E-state index is 11.7. The monoisotopic (exact) mass is 322 g/mol. The van der Waals surface area contributed by atoms with E-state index < -0.39 is 15.2 Å². The largest absolute Gasteiger partial charge is 1.00 e. The van der Waals surface area contributed by atoms with Crippen molar-refractivity contribution in [1.82, 2.24) is 0 Å². The van der Waals surface area contributed by atoms with Gasteiger partial charge in [0, 0.05) is 6.42 Å². The van der Waals surface area contributed by atoms with Crippen molar-refractivity contribution in [3.8, 4) is 5.75 Å². The van der Waals surface area contributed by atoms with Crippen LogP contribution in [0.4, 0.5) is 0 Å². The maximum Gasteiger partial charge on any atom is 1.00 e. The molecule has 0 fully saturated rings. The molecule has 0 amide bonds. The van der Waals surface area contributed by atoms with Gasteiger partial charge in [0.2, 0.25) is 0 Å². The summed E-state index contributed by atoms with van der Waals surface area (Å²) < 4.78 is 28.2. The van der Waals surface area contributed by atoms with E-state index in [-0.39, 0.29) is 43.2 Å². The van der Waals surface area contributed by atoms with Crippen LogP contribution < -0.4 is 33.7 Å². The van der Waals surface area contributed by atoms with Crippen molar-refractivity contribution < 1.29 is 48.4 Å². The maximum atomic E-state index is 11.7. The van der Waals surface area contributed by atoms with Crippen LogP contribution in [0.25, 0.3) is 0 Å². The first-order valence-corrected chi connectivity index (χ1v) is 8.49. The summed E-state index contributed by atoms with van der Waals surface area (Å²) in [6.07, 6.45) is 6.04. The predicted octanol–water partition coefficient (Wildman–Crippen LogP) is 0.789. The van der Waals surface area contributed by atoms with Crippen LogP contribution in [0.5, 0.6) is 5.75 Å². The Bertz CT molecular complexity index is 506. The molecule has 0 aliphatic carbocycles. The second-order valence-corrected chi connectivity index (χ2v) is 6.27. The van der Waals surface area contributed by atoms with E-state index in [2.05, 4.69) is 6.92 Å². The molecule has 21 heavy (non-hydrogen) atoms. The molecule has 1 aromatic rings. The van der Waals surface area contributed by atoms with Gasteiger partial charge < -0.3 is 5.61 Å². The summed E-state index contributed by atoms with van der Waals surface area (Å²) in [5, 5.41) is -0.836. The molecule has 0 heterocycles. The quantitative estimate of drug-likeness (QED) is 0.383. The summed E-state index contributed by atoms with van der Waals surface area (Å²) in [7, 11) is -4.15. The fourth-order valence-corrected chi connectivity index (χ4v) is 2.68. The number of hydrogen-bond donors (Lipinski definition) is 0. The van der Waals surface area contributed by atoms with Crippen LogP contribution in [-0.2, 0) is 14.9 Å². The Balaban J connectivity index is 0. The minimum Gasteiger partial charge on any atom is -1.00 e. The van der Waals surface area contributed by atoms with Gasteiger partial charge in [-0.15, -0.1) is 0 Å². The van der Waals surface area contributed by atoms with Gasteiger partial charge in [0.15, 0.2) is 0 Å². The van der Waals surface area contributed by atoms with Crippen LogP contribution in [0.3, 0.4) is 0 Å². The van der Waals surface area contributed by atoms with E-state index in [4.69, 9.17) is 4.18 Å². The summed E-state index contributed by atoms with van der Waals surface area (Å²) in [6.45, 7) is 2.14. The van der Waals surface area contributed by atoms with Gasteiger partial charge in [0.25, 0.3) is 5.12 Å². The Morgan fingerprint density at radius 2 is 1.62 bits per heavy atom. The van der Waals surface area contributed by atoms with Crippen LogP contribution in [0.1, 0.15) is 53.3 Å². The van der Waals surface area contributed by atoms with Gasteiger partial charge in [-0.3, -0.25) is 4.79 Å². The number of carbonyl (C=O) groups is 1. The van der Waals surface area contributed by atoms with Crippen molar-refractivity contribution in [3.05, 3.63) is 30.3 Å². The van der Waals surface area contributed by atoms with Crippen molar-refractivity contribution in [3.63, 3.8) is 0 Å². The molecule has 0 aromatic heterocycles. The van der Waals surface area contributed by atoms with E-state index in [0.717, 1.165) is 25.7 Å². The van der Waals surface area contributed by atoms with Crippen LogP contribution in [0.2, 0.25) is 0 Å². The molecule has 0 aliphatic heterocycles. The van der Waals surface area contributed by atoms with Gasteiger partial charge in [0.05, 0.1) is 0 Å². The Hall–Kier alpha value is -0.360. The topological polar surface area (TPSA) is 60.4 Å². The summed E-state index contributed by atoms with van der Waals surface area (Å²) in [5.74, 6) is 0.170. The molecule has 0 radical (unpaired) electrons. The van der Waals surface area contributed by atoms with Crippen molar-refractivity contribution >= 4 is 15.2 Å². The normalized spacial score (nSPS) is 10.7. The predicted molar refractivity (Wildman–Crippen MR) is 80.1 cm³/mol. The van der Waals surface area contributed by atoms with Crippen molar-refractivity contribution in [2.24, 2.45) is 0 Å². The molecule has 1 aromatic carbocycles. The van der Waals surface area contributed by atoms with Gasteiger partial charge in [0.1, 0.15) is 5.75 Å². The molecule has 0 atom stereocenters. The number of unbranched alkanes of at least 4 members (excludes halogenated alkanes) is 5. The third-order valence-corrected chi connectivity index (χ3v) is 4.14. The molecule has 0 spiro atoms. The Kier molecular flexibility index (Phi) is 11.0. The minimum absolute atomic E-state index is 0. The Morgan fingerprint density at radius 1 is 1.05 bits per heavy atom. The minimum atomic E-state index is -4.15. The van der Waals surface area contributed by atoms with E-state index in [1.165, 1.54) is 18.6 Å². The van der Waals surface area contributed by atoms with Crippen molar-refractivity contribution in [2.45, 2.75) is 51.9 Å². The zero-order chi connectivity index (χ0) is 14.8. The van der Waals surface area contributed by atoms with Crippen molar-refractivity contribution in [1.29, 1.82) is 0 Å². The molecule has 0 saturated heterocycles. The summed E-state index contributed by atoms with van der Waals surface area (Å²) in [5.41, 5.74) is 0. The van der Waals surface area contributed by atoms with Crippen LogP contribution >= 0.6 is 0 Å². The number of benzene rings is 1. The zero-order valence-corrected chi connectivity index (χ0v) is 15.7. The third kappa shape index (κ3) is 8.61. The van der Waals surface area contributed by atoms with Gasteiger partial charge in [-0.05, 0) is 18.6 Å². The molecule has 0 unspecified atom stereocenters. The SMILES string of the molecule is CCCCCCCCC(=O)S(=O)(=O)Oc1ccccc1.[H-].[Na+]. The average Bonchev–Trinajstić information content (AvgIpc) is 2.43. The van der Waals surface area contributed by atoms with E-state index in [1.807, 2.05) is 0 Å². The molecular weight excluding hydrogens is 299 g/mol. The molecule has 114 valence electrons. The second kappa shape index (κ2) is 11.2. The molecule has 0 aliphatic rings. The number of carbonyl (C=O) groups excluding carboxylic acids is 1. The first-order valence-electron chi connectivity index (χ1n) is 7.08. The molecule has 0 saturated carbocycles. The molecular formula is C15H23NaO4S. The summed E-state index contributed by atoms with van der Waals surface area (Å²) in [6, 6.07) is 8.08. The fourth-order valence-electron chi connectivity index (χ4n) is 1.82. The second-order valence-electron chi connectivity index (χ2n) is 4.74. The third-order valence-electron chi connectivity index (χ3n) is 2.96. The average molecular weight is 322 g/mol. The molecule has 6 heteroatoms. The smallest absolute Gasteiger partial charge is 1.00 e. The van der Waals surface area contributed by atoms with E-state index in [1.54, 1.807) is 18.2 Å². The van der Waals surface area contributed by atoms with Gasteiger partial charge in [-0.25, -0.2) is 0 Å². The Labute approximate surface area is 151 Å². The van der Waals surface area contributed by atoms with E-state index in [0.29, 0.717) is 6.42 Å². The van der Waals surface area contributed by atoms with Crippen LogP contribution in [0, 0.1) is 0 Å². The molecule has 0 bridgehead atoms. The van der Waals surface area contributed by atoms with Gasteiger partial charge >= 0.3 is 39.7 Å². The molecule has 0 N–H and O–H groups in total. The number of para-hydroxylation sites is 1. The van der Waals surface area contributed by atoms with Gasteiger partial charge in [-0.2, -0.15) is 8.42 Å². The first-order chi connectivity index (χ1) is 9.56. The van der Waals surface area contributed by atoms with Crippen LogP contribution in [-0.4, -0.2) is 13.5 Å². The standard InChI is InChI=1S/C15H22O4S.Na.H/c1-2-3-4-5-6-10-13-15(16)20(17,18)19-14-11-8-7-9-12-14;;/h7-9,11-12H,2-6,10,13H2,1H3;;/q;+1;-1. The molecule has 1 rings (SSSR count). The van der Waals surface area contributed by atoms with E-state index in [9.17, 15) is 13.2 Å². The zero-order valence-electron chi connectivity index (χ0n) is 13.9.